The van der Waals surface area contributed by atoms with E-state index in [9.17, 15) is 9.65 Å². The van der Waals surface area contributed by atoms with Crippen LogP contribution in [-0.4, -0.2) is 32.4 Å². The Morgan fingerprint density at radius 2 is 2.03 bits per heavy atom. The quantitative estimate of drug-likeness (QED) is 0.340. The fourth-order valence-corrected chi connectivity index (χ4v) is 5.19. The van der Waals surface area contributed by atoms with Gasteiger partial charge < -0.3 is 9.88 Å². The summed E-state index contributed by atoms with van der Waals surface area (Å²) in [7, 11) is 0. The lowest BCUT2D eigenvalue weighted by Crippen LogP contribution is -2.14. The second kappa shape index (κ2) is 8.89. The van der Waals surface area contributed by atoms with E-state index in [-0.39, 0.29) is 11.6 Å². The Morgan fingerprint density at radius 1 is 1.17 bits per heavy atom. The molecule has 0 bridgehead atoms. The maximum atomic E-state index is 14.8. The molecule has 1 aliphatic rings. The number of fused-ring (bicyclic) bond motifs is 2. The first-order valence-electron chi connectivity index (χ1n) is 12.4. The first-order valence-corrected chi connectivity index (χ1v) is 12.4. The number of halogens is 1. The zero-order valence-electron chi connectivity index (χ0n) is 20.4. The van der Waals surface area contributed by atoms with Gasteiger partial charge in [0.05, 0.1) is 28.5 Å². The summed E-state index contributed by atoms with van der Waals surface area (Å²) in [5.74, 6) is 0.0547. The Kier molecular flexibility index (Phi) is 5.54. The normalized spacial score (nSPS) is 15.8. The van der Waals surface area contributed by atoms with Gasteiger partial charge in [0.1, 0.15) is 11.9 Å². The maximum Gasteiger partial charge on any atom is 0.141 e. The molecule has 1 fully saturated rings. The van der Waals surface area contributed by atoms with Crippen LogP contribution < -0.4 is 5.32 Å². The van der Waals surface area contributed by atoms with Crippen LogP contribution in [0.25, 0.3) is 44.2 Å². The molecule has 1 saturated heterocycles. The lowest BCUT2D eigenvalue weighted by Gasteiger charge is -2.14. The Morgan fingerprint density at radius 3 is 2.78 bits per heavy atom. The minimum absolute atomic E-state index is 0.0363. The predicted octanol–water partition coefficient (Wildman–Crippen LogP) is 5.92. The molecule has 3 aromatic heterocycles. The van der Waals surface area contributed by atoms with Gasteiger partial charge in [0.15, 0.2) is 0 Å². The van der Waals surface area contributed by atoms with Crippen molar-refractivity contribution in [1.29, 1.82) is 5.26 Å². The van der Waals surface area contributed by atoms with Gasteiger partial charge in [0.25, 0.3) is 0 Å². The zero-order valence-corrected chi connectivity index (χ0v) is 20.4. The Balaban J connectivity index is 1.54. The number of hydrogen-bond donors (Lipinski definition) is 1. The van der Waals surface area contributed by atoms with E-state index in [4.69, 9.17) is 4.98 Å². The van der Waals surface area contributed by atoms with E-state index in [1.54, 1.807) is 6.07 Å². The Hall–Kier alpha value is -4.02. The minimum Gasteiger partial charge on any atom is -0.346 e. The van der Waals surface area contributed by atoms with Gasteiger partial charge in [-0.15, -0.1) is 0 Å². The summed E-state index contributed by atoms with van der Waals surface area (Å²) in [6.45, 7) is 7.19. The van der Waals surface area contributed by atoms with Crippen LogP contribution in [0, 0.1) is 23.1 Å². The van der Waals surface area contributed by atoms with Crippen molar-refractivity contribution in [2.24, 2.45) is 5.92 Å². The van der Waals surface area contributed by atoms with Crippen molar-refractivity contribution in [3.8, 4) is 28.5 Å². The van der Waals surface area contributed by atoms with Crippen LogP contribution in [-0.2, 0) is 6.54 Å². The topological polar surface area (TPSA) is 71.5 Å². The third-order valence-corrected chi connectivity index (χ3v) is 7.15. The molecule has 1 aliphatic heterocycles. The molecule has 0 aliphatic carbocycles. The molecule has 7 heteroatoms. The van der Waals surface area contributed by atoms with Crippen molar-refractivity contribution >= 4 is 21.8 Å². The van der Waals surface area contributed by atoms with Crippen LogP contribution in [0.2, 0.25) is 0 Å². The largest absolute Gasteiger partial charge is 0.346 e. The van der Waals surface area contributed by atoms with Crippen molar-refractivity contribution in [1.82, 2.24) is 24.6 Å². The summed E-state index contributed by atoms with van der Waals surface area (Å²) in [6.07, 6.45) is 7.24. The average molecular weight is 479 g/mol. The second-order valence-electron chi connectivity index (χ2n) is 9.89. The highest BCUT2D eigenvalue weighted by Gasteiger charge is 2.20. The van der Waals surface area contributed by atoms with Gasteiger partial charge >= 0.3 is 0 Å². The summed E-state index contributed by atoms with van der Waals surface area (Å²) in [4.78, 5) is 4.93. The van der Waals surface area contributed by atoms with Crippen molar-refractivity contribution < 1.29 is 4.39 Å². The molecule has 1 N–H and O–H groups in total. The third-order valence-electron chi connectivity index (χ3n) is 7.15. The molecule has 0 radical (unpaired) electrons. The van der Waals surface area contributed by atoms with Crippen LogP contribution >= 0.6 is 0 Å². The summed E-state index contributed by atoms with van der Waals surface area (Å²) < 4.78 is 19.0. The van der Waals surface area contributed by atoms with Crippen LogP contribution in [0.5, 0.6) is 0 Å². The van der Waals surface area contributed by atoms with E-state index in [2.05, 4.69) is 53.4 Å². The number of aromatic nitrogens is 4. The van der Waals surface area contributed by atoms with Gasteiger partial charge in [0, 0.05) is 46.9 Å². The van der Waals surface area contributed by atoms with Gasteiger partial charge in [-0.2, -0.15) is 10.4 Å². The molecule has 1 unspecified atom stereocenters. The Bertz CT molecular complexity index is 1630. The molecule has 1 atom stereocenters. The summed E-state index contributed by atoms with van der Waals surface area (Å²) >= 11 is 0. The van der Waals surface area contributed by atoms with Crippen molar-refractivity contribution in [3.63, 3.8) is 0 Å². The SMILES string of the molecule is CC(C)n1cc2cc(-c3ncc4c(ccn4CC4CCNC4)c3-c3ccc(C#N)c(F)c3)ccc2n1. The lowest BCUT2D eigenvalue weighted by atomic mass is 9.95. The third kappa shape index (κ3) is 3.84. The molecule has 6 nitrogen and oxygen atoms in total. The van der Waals surface area contributed by atoms with Crippen LogP contribution in [0.1, 0.15) is 31.9 Å². The average Bonchev–Trinajstić information content (AvgIpc) is 3.63. The first kappa shape index (κ1) is 22.4. The minimum atomic E-state index is -0.525. The smallest absolute Gasteiger partial charge is 0.141 e. The van der Waals surface area contributed by atoms with Gasteiger partial charge in [-0.05, 0) is 75.2 Å². The Labute approximate surface area is 209 Å². The van der Waals surface area contributed by atoms with Crippen LogP contribution in [0.3, 0.4) is 0 Å². The molecule has 0 spiro atoms. The molecule has 5 aromatic rings. The van der Waals surface area contributed by atoms with E-state index in [0.29, 0.717) is 11.5 Å². The van der Waals surface area contributed by atoms with Gasteiger partial charge in [0.2, 0.25) is 0 Å². The standard InChI is InChI=1S/C29H27FN6/c1-18(2)36-17-23-11-21(5-6-26(23)34-36)29-28(20-3-4-22(13-31)25(30)12-20)24-8-10-35(27(24)15-33-29)16-19-7-9-32-14-19/h3-6,8,10-12,15,17-19,32H,7,9,14,16H2,1-2H3. The first-order chi connectivity index (χ1) is 17.5. The van der Waals surface area contributed by atoms with Gasteiger partial charge in [-0.1, -0.05) is 12.1 Å². The van der Waals surface area contributed by atoms with Crippen LogP contribution in [0.15, 0.2) is 61.1 Å². The summed E-state index contributed by atoms with van der Waals surface area (Å²) in [6, 6.07) is 15.2. The molecule has 4 heterocycles. The zero-order chi connectivity index (χ0) is 24.8. The molecule has 0 saturated carbocycles. The van der Waals surface area contributed by atoms with Gasteiger partial charge in [-0.25, -0.2) is 4.39 Å². The fourth-order valence-electron chi connectivity index (χ4n) is 5.19. The van der Waals surface area contributed by atoms with Crippen LogP contribution in [0.4, 0.5) is 4.39 Å². The highest BCUT2D eigenvalue weighted by atomic mass is 19.1. The number of pyridine rings is 1. The maximum absolute atomic E-state index is 14.8. The molecule has 2 aromatic carbocycles. The van der Waals surface area contributed by atoms with E-state index in [1.807, 2.05) is 35.1 Å². The van der Waals surface area contributed by atoms with E-state index in [1.165, 1.54) is 6.07 Å². The van der Waals surface area contributed by atoms with E-state index < -0.39 is 5.82 Å². The number of nitriles is 1. The number of benzene rings is 2. The highest BCUT2D eigenvalue weighted by molar-refractivity contribution is 6.02. The lowest BCUT2D eigenvalue weighted by molar-refractivity contribution is 0.491. The molecule has 180 valence electrons. The van der Waals surface area contributed by atoms with E-state index in [0.717, 1.165) is 64.7 Å². The van der Waals surface area contributed by atoms with Crippen molar-refractivity contribution in [3.05, 3.63) is 72.4 Å². The molecule has 36 heavy (non-hydrogen) atoms. The summed E-state index contributed by atoms with van der Waals surface area (Å²) in [5.41, 5.74) is 5.29. The van der Waals surface area contributed by atoms with Gasteiger partial charge in [-0.3, -0.25) is 9.67 Å². The predicted molar refractivity (Wildman–Crippen MR) is 140 cm³/mol. The number of hydrogen-bond acceptors (Lipinski definition) is 4. The summed E-state index contributed by atoms with van der Waals surface area (Å²) in [5, 5.41) is 19.4. The van der Waals surface area contributed by atoms with Crippen molar-refractivity contribution in [2.75, 3.05) is 13.1 Å². The monoisotopic (exact) mass is 478 g/mol. The molecule has 0 amide bonds. The number of nitrogens with one attached hydrogen (secondary N) is 1. The fraction of sp³-hybridized carbons (Fsp3) is 0.276. The highest BCUT2D eigenvalue weighted by Crippen LogP contribution is 2.38. The number of nitrogens with zero attached hydrogens (tertiary/aromatic N) is 5. The van der Waals surface area contributed by atoms with E-state index >= 15 is 0 Å². The molecular weight excluding hydrogens is 451 g/mol. The molecular formula is C29H27FN6. The van der Waals surface area contributed by atoms with Crippen molar-refractivity contribution in [2.45, 2.75) is 32.9 Å². The number of rotatable bonds is 5. The molecule has 6 rings (SSSR count). The second-order valence-corrected chi connectivity index (χ2v) is 9.89.